The molecule has 18 nitrogen and oxygen atoms in total. The van der Waals surface area contributed by atoms with Crippen LogP contribution >= 0.6 is 38.3 Å². The number of hydrogen-bond donors (Lipinski definition) is 2. The number of nitrogens with zero attached hydrogens (tertiary/aromatic N) is 8. The molecule has 2 unspecified atom stereocenters. The normalized spacial score (nSPS) is 14.6. The van der Waals surface area contributed by atoms with Gasteiger partial charge in [0.05, 0.1) is 45.1 Å². The van der Waals surface area contributed by atoms with Crippen LogP contribution in [0.4, 0.5) is 11.6 Å². The molecule has 3 atom stereocenters. The fourth-order valence-electron chi connectivity index (χ4n) is 4.44. The van der Waals surface area contributed by atoms with Gasteiger partial charge in [0, 0.05) is 43.2 Å². The molecule has 0 spiro atoms. The number of nitrogen functional groups attached to an aromatic ring is 2. The summed E-state index contributed by atoms with van der Waals surface area (Å²) >= 11 is 2.31. The zero-order chi connectivity index (χ0) is 39.2. The van der Waals surface area contributed by atoms with Gasteiger partial charge in [-0.2, -0.15) is 0 Å². The number of carbonyl (C=O) groups is 2. The van der Waals surface area contributed by atoms with Crippen LogP contribution in [-0.2, 0) is 50.3 Å². The number of anilines is 2. The molecule has 53 heavy (non-hydrogen) atoms. The second kappa shape index (κ2) is 21.2. The topological polar surface area (TPSA) is 244 Å². The highest BCUT2D eigenvalue weighted by Gasteiger charge is 2.30. The van der Waals surface area contributed by atoms with Crippen LogP contribution in [0.15, 0.2) is 25.3 Å². The summed E-state index contributed by atoms with van der Waals surface area (Å²) in [6, 6.07) is 0. The van der Waals surface area contributed by atoms with E-state index in [9.17, 15) is 18.7 Å². The monoisotopic (exact) mass is 816 g/mol. The first-order chi connectivity index (χ1) is 25.1. The zero-order valence-corrected chi connectivity index (χ0v) is 34.5. The predicted octanol–water partition coefficient (Wildman–Crippen LogP) is 5.12. The molecule has 4 heterocycles. The standard InChI is InChI=1S/C16H26N5O4PS.C15H24N5O4PS/c1-11(2)26(23,25-5-6-27-13(4)22)10-24-12(3)7-21-9-20-14-15(17)18-8-19-16(14)21;1-11(2)25(22,24-6-7-26-12(3)21)10-23-5-4-20-9-19-13-14(16)17-8-18-15(13)20/h8-9,11-12H,5-7,10H2,1-4H3,(H2,17,18,19);8-9,11H,4-7,10H2,1-3H3,(H2,16,17,18)/t12-,26?;/m1./s1. The average Bonchev–Trinajstić information content (AvgIpc) is 3.71. The average molecular weight is 817 g/mol. The van der Waals surface area contributed by atoms with E-state index in [2.05, 4.69) is 29.9 Å². The van der Waals surface area contributed by atoms with E-state index in [-0.39, 0.29) is 53.6 Å². The fourth-order valence-corrected chi connectivity index (χ4v) is 8.58. The van der Waals surface area contributed by atoms with E-state index >= 15 is 0 Å². The van der Waals surface area contributed by atoms with Gasteiger partial charge in [0.15, 0.2) is 33.2 Å². The lowest BCUT2D eigenvalue weighted by Gasteiger charge is -2.24. The van der Waals surface area contributed by atoms with Gasteiger partial charge in [-0.1, -0.05) is 51.2 Å². The van der Waals surface area contributed by atoms with Crippen molar-refractivity contribution in [3.63, 3.8) is 0 Å². The van der Waals surface area contributed by atoms with Crippen molar-refractivity contribution in [3.05, 3.63) is 25.3 Å². The molecule has 4 aromatic heterocycles. The van der Waals surface area contributed by atoms with Crippen LogP contribution in [-0.4, -0.2) is 111 Å². The lowest BCUT2D eigenvalue weighted by molar-refractivity contribution is -0.109. The minimum absolute atomic E-state index is 0.0138. The second-order valence-corrected chi connectivity index (χ2v) is 20.9. The summed E-state index contributed by atoms with van der Waals surface area (Å²) in [5.41, 5.74) is 13.6. The first-order valence-electron chi connectivity index (χ1n) is 16.8. The molecule has 0 aliphatic heterocycles. The Morgan fingerprint density at radius 1 is 0.717 bits per heavy atom. The van der Waals surface area contributed by atoms with E-state index in [4.69, 9.17) is 30.0 Å². The molecule has 22 heteroatoms. The second-order valence-electron chi connectivity index (χ2n) is 12.3. The smallest absolute Gasteiger partial charge is 0.230 e. The molecule has 0 radical (unpaired) electrons. The third-order valence-electron chi connectivity index (χ3n) is 7.57. The summed E-state index contributed by atoms with van der Waals surface area (Å²) in [4.78, 5) is 46.5. The minimum Gasteiger partial charge on any atom is -0.382 e. The van der Waals surface area contributed by atoms with Crippen LogP contribution in [0.5, 0.6) is 0 Å². The molecule has 0 aliphatic carbocycles. The molecular formula is C31H50N10O8P2S2. The Morgan fingerprint density at radius 3 is 1.68 bits per heavy atom. The Morgan fingerprint density at radius 2 is 1.19 bits per heavy atom. The Kier molecular flexibility index (Phi) is 17.8. The minimum atomic E-state index is -2.97. The van der Waals surface area contributed by atoms with E-state index in [1.807, 2.05) is 39.2 Å². The van der Waals surface area contributed by atoms with Gasteiger partial charge in [-0.3, -0.25) is 18.7 Å². The number of hydrogen-bond acceptors (Lipinski definition) is 18. The maximum Gasteiger partial charge on any atom is 0.230 e. The third-order valence-corrected chi connectivity index (χ3v) is 14.6. The molecule has 0 amide bonds. The Bertz CT molecular complexity index is 1890. The number of fused-ring (bicyclic) bond motifs is 2. The van der Waals surface area contributed by atoms with Gasteiger partial charge < -0.3 is 39.1 Å². The summed E-state index contributed by atoms with van der Waals surface area (Å²) in [7, 11) is -5.90. The summed E-state index contributed by atoms with van der Waals surface area (Å²) in [6.45, 7) is 14.0. The van der Waals surface area contributed by atoms with Crippen molar-refractivity contribution in [1.29, 1.82) is 0 Å². The number of nitrogens with two attached hydrogens (primary N) is 2. The van der Waals surface area contributed by atoms with Crippen molar-refractivity contribution in [1.82, 2.24) is 39.0 Å². The highest BCUT2D eigenvalue weighted by atomic mass is 32.2. The molecule has 0 fully saturated rings. The highest BCUT2D eigenvalue weighted by Crippen LogP contribution is 2.52. The van der Waals surface area contributed by atoms with Gasteiger partial charge in [0.1, 0.15) is 36.4 Å². The summed E-state index contributed by atoms with van der Waals surface area (Å²) in [6.07, 6.45) is 5.84. The van der Waals surface area contributed by atoms with Gasteiger partial charge in [-0.05, 0) is 6.92 Å². The molecule has 0 bridgehead atoms. The highest BCUT2D eigenvalue weighted by molar-refractivity contribution is 8.13. The SMILES string of the molecule is CC(=O)SCCOP(=O)(COCCn1cnc2c(N)ncnc21)C(C)C.CC(=O)SCCOP(=O)(CO[C@H](C)Cn1cnc2c(N)ncnc21)C(C)C. The van der Waals surface area contributed by atoms with Crippen LogP contribution in [0, 0.1) is 0 Å². The predicted molar refractivity (Wildman–Crippen MR) is 209 cm³/mol. The van der Waals surface area contributed by atoms with Crippen LogP contribution in [0.3, 0.4) is 0 Å². The van der Waals surface area contributed by atoms with Crippen molar-refractivity contribution in [2.75, 3.05) is 55.5 Å². The van der Waals surface area contributed by atoms with E-state index in [1.54, 1.807) is 17.2 Å². The quantitative estimate of drug-likeness (QED) is 0.0868. The molecule has 294 valence electrons. The summed E-state index contributed by atoms with van der Waals surface area (Å²) in [5.74, 6) is 1.61. The first kappa shape index (κ1) is 44.4. The van der Waals surface area contributed by atoms with Crippen LogP contribution < -0.4 is 11.5 Å². The van der Waals surface area contributed by atoms with Crippen molar-refractivity contribution >= 4 is 82.5 Å². The Labute approximate surface area is 317 Å². The number of imidazole rings is 2. The van der Waals surface area contributed by atoms with E-state index in [0.717, 1.165) is 23.5 Å². The Hall–Kier alpha value is -2.96. The maximum atomic E-state index is 13.0. The zero-order valence-electron chi connectivity index (χ0n) is 31.1. The van der Waals surface area contributed by atoms with Gasteiger partial charge in [-0.25, -0.2) is 29.9 Å². The van der Waals surface area contributed by atoms with Crippen LogP contribution in [0.1, 0.15) is 48.5 Å². The van der Waals surface area contributed by atoms with Crippen molar-refractivity contribution in [2.24, 2.45) is 0 Å². The van der Waals surface area contributed by atoms with Crippen molar-refractivity contribution in [2.45, 2.75) is 79.0 Å². The third kappa shape index (κ3) is 13.7. The summed E-state index contributed by atoms with van der Waals surface area (Å²) in [5, 5.41) is 0.0288. The van der Waals surface area contributed by atoms with E-state index in [1.165, 1.54) is 26.5 Å². The number of carbonyl (C=O) groups excluding carboxylic acids is 2. The number of rotatable bonds is 20. The van der Waals surface area contributed by atoms with Crippen LogP contribution in [0.2, 0.25) is 0 Å². The van der Waals surface area contributed by atoms with Crippen LogP contribution in [0.25, 0.3) is 22.3 Å². The lowest BCUT2D eigenvalue weighted by Crippen LogP contribution is -2.19. The number of ether oxygens (including phenoxy) is 2. The molecule has 4 N–H and O–H groups in total. The number of aromatic nitrogens is 8. The van der Waals surface area contributed by atoms with Gasteiger partial charge in [-0.15, -0.1) is 0 Å². The van der Waals surface area contributed by atoms with Crippen molar-refractivity contribution < 1.29 is 37.2 Å². The van der Waals surface area contributed by atoms with Crippen molar-refractivity contribution in [3.8, 4) is 0 Å². The van der Waals surface area contributed by atoms with Gasteiger partial charge in [0.25, 0.3) is 0 Å². The fraction of sp³-hybridized carbons (Fsp3) is 0.613. The molecular weight excluding hydrogens is 766 g/mol. The summed E-state index contributed by atoms with van der Waals surface area (Å²) < 4.78 is 52.1. The molecule has 0 aliphatic rings. The number of thioether (sulfide) groups is 2. The largest absolute Gasteiger partial charge is 0.382 e. The molecule has 4 rings (SSSR count). The molecule has 4 aromatic rings. The van der Waals surface area contributed by atoms with Gasteiger partial charge in [0.2, 0.25) is 14.7 Å². The maximum absolute atomic E-state index is 13.0. The molecule has 0 aromatic carbocycles. The lowest BCUT2D eigenvalue weighted by atomic mass is 10.4. The van der Waals surface area contributed by atoms with Gasteiger partial charge >= 0.3 is 0 Å². The van der Waals surface area contributed by atoms with E-state index < -0.39 is 14.7 Å². The van der Waals surface area contributed by atoms with E-state index in [0.29, 0.717) is 65.2 Å². The Balaban J connectivity index is 0.000000286. The molecule has 0 saturated carbocycles. The molecule has 0 saturated heterocycles. The first-order valence-corrected chi connectivity index (χ1v) is 22.5.